The van der Waals surface area contributed by atoms with E-state index in [1.54, 1.807) is 0 Å². The molecule has 0 unspecified atom stereocenters. The van der Waals surface area contributed by atoms with Crippen LogP contribution in [-0.4, -0.2) is 4.40 Å². The number of rotatable bonds is 6. The van der Waals surface area contributed by atoms with Crippen molar-refractivity contribution in [1.82, 2.24) is 4.40 Å². The molecule has 10 rings (SSSR count). The fourth-order valence-corrected chi connectivity index (χ4v) is 7.92. The minimum Gasteiger partial charge on any atom is -0.311 e. The molecule has 0 aliphatic rings. The summed E-state index contributed by atoms with van der Waals surface area (Å²) in [7, 11) is 0. The molecule has 54 heavy (non-hydrogen) atoms. The van der Waals surface area contributed by atoms with Crippen molar-refractivity contribution in [2.75, 3.05) is 4.90 Å². The predicted octanol–water partition coefficient (Wildman–Crippen LogP) is 12.0. The van der Waals surface area contributed by atoms with Crippen molar-refractivity contribution in [2.45, 2.75) is 0 Å². The minimum atomic E-state index is -0.287. The zero-order chi connectivity index (χ0) is 36.2. The maximum atomic E-state index is 13.8. The van der Waals surface area contributed by atoms with Crippen LogP contribution in [0.5, 0.6) is 0 Å². The molecule has 0 aliphatic heterocycles. The van der Waals surface area contributed by atoms with Crippen LogP contribution in [0.15, 0.2) is 204 Å². The summed E-state index contributed by atoms with van der Waals surface area (Å²) in [6.07, 6.45) is 0. The molecule has 8 aromatic carbocycles. The Kier molecular flexibility index (Phi) is 7.41. The number of pyridine rings is 2. The van der Waals surface area contributed by atoms with E-state index < -0.39 is 0 Å². The Balaban J connectivity index is 1.12. The minimum absolute atomic E-state index is 0.287. The first kappa shape index (κ1) is 31.4. The number of anilines is 3. The summed E-state index contributed by atoms with van der Waals surface area (Å²) < 4.78 is 1.37. The van der Waals surface area contributed by atoms with Gasteiger partial charge in [-0.2, -0.15) is 0 Å². The second kappa shape index (κ2) is 12.7. The molecule has 4 nitrogen and oxygen atoms in total. The third kappa shape index (κ3) is 5.15. The second-order valence-corrected chi connectivity index (χ2v) is 13.7. The van der Waals surface area contributed by atoms with Gasteiger partial charge in [-0.3, -0.25) is 9.59 Å². The second-order valence-electron chi connectivity index (χ2n) is 13.7. The molecule has 0 bridgehead atoms. The van der Waals surface area contributed by atoms with Crippen LogP contribution in [-0.2, 0) is 0 Å². The molecule has 0 atom stereocenters. The molecule has 0 spiro atoms. The summed E-state index contributed by atoms with van der Waals surface area (Å²) in [6.45, 7) is 0. The monoisotopic (exact) mass is 692 g/mol. The van der Waals surface area contributed by atoms with Gasteiger partial charge in [-0.05, 0) is 105 Å². The van der Waals surface area contributed by atoms with Gasteiger partial charge in [-0.15, -0.1) is 0 Å². The maximum absolute atomic E-state index is 13.8. The molecule has 0 radical (unpaired) electrons. The Morgan fingerprint density at radius 1 is 0.296 bits per heavy atom. The van der Waals surface area contributed by atoms with Gasteiger partial charge in [0.05, 0.1) is 5.52 Å². The third-order valence-corrected chi connectivity index (χ3v) is 10.6. The molecule has 4 heteroatoms. The van der Waals surface area contributed by atoms with Gasteiger partial charge in [0, 0.05) is 38.6 Å². The highest BCUT2D eigenvalue weighted by atomic mass is 16.2. The van der Waals surface area contributed by atoms with Gasteiger partial charge in [0.1, 0.15) is 0 Å². The van der Waals surface area contributed by atoms with Crippen LogP contribution < -0.4 is 16.0 Å². The summed E-state index contributed by atoms with van der Waals surface area (Å²) in [6, 6.07) is 66.3. The SMILES string of the molecule is O=c1c2ccccc2c2cc(-c3ccc(N(c4ccc(-c5ccccc5)cc4)c4ccc(-c5ccccc5)cc4)cc3)cc3c4ccccc4c(=O)n1c23. The summed E-state index contributed by atoms with van der Waals surface area (Å²) >= 11 is 0. The number of aromatic nitrogens is 1. The number of nitrogens with zero attached hydrogens (tertiary/aromatic N) is 2. The Morgan fingerprint density at radius 3 is 1.00 bits per heavy atom. The molecule has 0 aliphatic carbocycles. The van der Waals surface area contributed by atoms with Crippen molar-refractivity contribution in [3.8, 4) is 33.4 Å². The van der Waals surface area contributed by atoms with Crippen LogP contribution in [0, 0.1) is 0 Å². The number of hydrogen-bond acceptors (Lipinski definition) is 3. The average molecular weight is 693 g/mol. The first-order valence-corrected chi connectivity index (χ1v) is 18.1. The fraction of sp³-hybridized carbons (Fsp3) is 0. The van der Waals surface area contributed by atoms with Gasteiger partial charge < -0.3 is 4.90 Å². The van der Waals surface area contributed by atoms with Crippen molar-refractivity contribution >= 4 is 54.9 Å². The summed E-state index contributed by atoms with van der Waals surface area (Å²) in [5, 5.41) is 4.49. The molecule has 0 fully saturated rings. The molecule has 10 aromatic rings. The van der Waals surface area contributed by atoms with E-state index >= 15 is 0 Å². The lowest BCUT2D eigenvalue weighted by atomic mass is 9.94. The Labute approximate surface area is 311 Å². The van der Waals surface area contributed by atoms with E-state index in [0.29, 0.717) is 16.3 Å². The first-order valence-electron chi connectivity index (χ1n) is 18.1. The molecule has 0 amide bonds. The Morgan fingerprint density at radius 2 is 0.611 bits per heavy atom. The molecule has 254 valence electrons. The summed E-state index contributed by atoms with van der Waals surface area (Å²) in [5.41, 5.74) is 9.94. The normalized spacial score (nSPS) is 11.5. The van der Waals surface area contributed by atoms with Crippen LogP contribution >= 0.6 is 0 Å². The lowest BCUT2D eigenvalue weighted by Crippen LogP contribution is -2.27. The van der Waals surface area contributed by atoms with E-state index in [1.165, 1.54) is 15.5 Å². The first-order chi connectivity index (χ1) is 26.6. The standard InChI is InChI=1S/C50H32N2O2/c53-49-44-17-9-7-15-42(44)46-31-38(32-47-43-16-8-10-18-45(43)50(54)52(49)48(46)47)37-23-29-41(30-24-37)51(39-25-19-35(20-26-39)33-11-3-1-4-12-33)40-27-21-36(22-28-40)34-13-5-2-6-14-34/h1-32H. The van der Waals surface area contributed by atoms with Crippen molar-refractivity contribution in [3.63, 3.8) is 0 Å². The summed E-state index contributed by atoms with van der Waals surface area (Å²) in [4.78, 5) is 29.9. The quantitative estimate of drug-likeness (QED) is 0.129. The molecule has 2 aromatic heterocycles. The molecular weight excluding hydrogens is 661 g/mol. The lowest BCUT2D eigenvalue weighted by Gasteiger charge is -2.26. The highest BCUT2D eigenvalue weighted by molar-refractivity contribution is 6.19. The number of fused-ring (bicyclic) bond motifs is 4. The average Bonchev–Trinajstić information content (AvgIpc) is 3.25. The van der Waals surface area contributed by atoms with E-state index in [-0.39, 0.29) is 11.1 Å². The Hall–Kier alpha value is -7.30. The van der Waals surface area contributed by atoms with E-state index in [2.05, 4.69) is 138 Å². The van der Waals surface area contributed by atoms with Gasteiger partial charge >= 0.3 is 0 Å². The van der Waals surface area contributed by atoms with E-state index in [0.717, 1.165) is 60.9 Å². The van der Waals surface area contributed by atoms with Gasteiger partial charge in [0.2, 0.25) is 0 Å². The van der Waals surface area contributed by atoms with Crippen LogP contribution in [0.25, 0.3) is 71.2 Å². The zero-order valence-corrected chi connectivity index (χ0v) is 29.2. The summed E-state index contributed by atoms with van der Waals surface area (Å²) in [5.74, 6) is 0. The predicted molar refractivity (Wildman–Crippen MR) is 225 cm³/mol. The fourth-order valence-electron chi connectivity index (χ4n) is 7.92. The van der Waals surface area contributed by atoms with Crippen LogP contribution in [0.2, 0.25) is 0 Å². The van der Waals surface area contributed by atoms with E-state index in [1.807, 2.05) is 60.7 Å². The van der Waals surface area contributed by atoms with E-state index in [9.17, 15) is 9.59 Å². The zero-order valence-electron chi connectivity index (χ0n) is 29.2. The lowest BCUT2D eigenvalue weighted by molar-refractivity contribution is 1.09. The van der Waals surface area contributed by atoms with Crippen LogP contribution in [0.1, 0.15) is 0 Å². The van der Waals surface area contributed by atoms with Gasteiger partial charge in [0.15, 0.2) is 0 Å². The van der Waals surface area contributed by atoms with Crippen molar-refractivity contribution in [3.05, 3.63) is 215 Å². The van der Waals surface area contributed by atoms with Gasteiger partial charge in [-0.25, -0.2) is 4.40 Å². The topological polar surface area (TPSA) is 41.8 Å². The van der Waals surface area contributed by atoms with Crippen molar-refractivity contribution < 1.29 is 0 Å². The number of benzene rings is 8. The van der Waals surface area contributed by atoms with Gasteiger partial charge in [-0.1, -0.05) is 133 Å². The Bertz CT molecular complexity index is 2920. The van der Waals surface area contributed by atoms with Crippen LogP contribution in [0.3, 0.4) is 0 Å². The number of hydrogen-bond donors (Lipinski definition) is 0. The van der Waals surface area contributed by atoms with E-state index in [4.69, 9.17) is 0 Å². The van der Waals surface area contributed by atoms with Crippen molar-refractivity contribution in [1.29, 1.82) is 0 Å². The maximum Gasteiger partial charge on any atom is 0.266 e. The van der Waals surface area contributed by atoms with Crippen LogP contribution in [0.4, 0.5) is 17.1 Å². The molecule has 2 heterocycles. The largest absolute Gasteiger partial charge is 0.311 e. The molecular formula is C50H32N2O2. The highest BCUT2D eigenvalue weighted by Gasteiger charge is 2.19. The smallest absolute Gasteiger partial charge is 0.266 e. The molecule has 0 saturated heterocycles. The van der Waals surface area contributed by atoms with Gasteiger partial charge in [0.25, 0.3) is 11.1 Å². The third-order valence-electron chi connectivity index (χ3n) is 10.6. The molecule has 0 saturated carbocycles. The highest BCUT2D eigenvalue weighted by Crippen LogP contribution is 2.39. The van der Waals surface area contributed by atoms with Crippen molar-refractivity contribution in [2.24, 2.45) is 0 Å². The molecule has 0 N–H and O–H groups in total.